The summed E-state index contributed by atoms with van der Waals surface area (Å²) >= 11 is 1.43. The fourth-order valence-corrected chi connectivity index (χ4v) is 2.90. The molecule has 0 saturated heterocycles. The van der Waals surface area contributed by atoms with Gasteiger partial charge in [0.25, 0.3) is 5.91 Å². The van der Waals surface area contributed by atoms with E-state index in [2.05, 4.69) is 15.3 Å². The van der Waals surface area contributed by atoms with E-state index >= 15 is 0 Å². The van der Waals surface area contributed by atoms with Crippen molar-refractivity contribution in [2.24, 2.45) is 0 Å². The zero-order chi connectivity index (χ0) is 17.9. The van der Waals surface area contributed by atoms with Gasteiger partial charge < -0.3 is 5.32 Å². The first kappa shape index (κ1) is 17.1. The molecule has 2 aromatic heterocycles. The Hall–Kier alpha value is -2.74. The number of rotatable bonds is 4. The molecule has 25 heavy (non-hydrogen) atoms. The minimum Gasteiger partial charge on any atom is -0.346 e. The number of amides is 1. The Labute approximate surface area is 145 Å². The molecule has 128 valence electrons. The molecule has 0 aliphatic rings. The van der Waals surface area contributed by atoms with E-state index in [1.807, 2.05) is 17.5 Å². The van der Waals surface area contributed by atoms with Crippen molar-refractivity contribution < 1.29 is 18.0 Å². The third kappa shape index (κ3) is 4.21. The molecular formula is C17H12F3N3OS. The Balaban J connectivity index is 1.62. The molecule has 0 atom stereocenters. The monoisotopic (exact) mass is 363 g/mol. The summed E-state index contributed by atoms with van der Waals surface area (Å²) in [7, 11) is 0. The predicted molar refractivity (Wildman–Crippen MR) is 88.0 cm³/mol. The third-order valence-electron chi connectivity index (χ3n) is 3.36. The highest BCUT2D eigenvalue weighted by molar-refractivity contribution is 7.13. The summed E-state index contributed by atoms with van der Waals surface area (Å²) in [5, 5.41) is 5.25. The van der Waals surface area contributed by atoms with Crippen molar-refractivity contribution in [1.82, 2.24) is 15.3 Å². The van der Waals surface area contributed by atoms with Crippen molar-refractivity contribution in [3.8, 4) is 10.6 Å². The lowest BCUT2D eigenvalue weighted by molar-refractivity contribution is -0.137. The van der Waals surface area contributed by atoms with Gasteiger partial charge in [0.05, 0.1) is 17.8 Å². The number of hydrogen-bond acceptors (Lipinski definition) is 4. The minimum absolute atomic E-state index is 0.163. The van der Waals surface area contributed by atoms with Crippen LogP contribution in [0.1, 0.15) is 21.6 Å². The zero-order valence-electron chi connectivity index (χ0n) is 12.7. The van der Waals surface area contributed by atoms with Crippen molar-refractivity contribution in [3.05, 3.63) is 71.0 Å². The normalized spacial score (nSPS) is 11.3. The van der Waals surface area contributed by atoms with Gasteiger partial charge in [0.15, 0.2) is 0 Å². The van der Waals surface area contributed by atoms with Crippen molar-refractivity contribution in [3.63, 3.8) is 0 Å². The second-order valence-electron chi connectivity index (χ2n) is 5.14. The summed E-state index contributed by atoms with van der Waals surface area (Å²) in [6.45, 7) is 0.191. The van der Waals surface area contributed by atoms with Crippen LogP contribution in [0.15, 0.2) is 54.2 Å². The number of carbonyl (C=O) groups is 1. The Morgan fingerprint density at radius 1 is 1.16 bits per heavy atom. The SMILES string of the molecule is O=C(NCc1csc(-c2cccnc2)n1)c1ccc(C(F)(F)F)cc1. The molecule has 0 bridgehead atoms. The number of alkyl halides is 3. The molecule has 0 spiro atoms. The number of thiazole rings is 1. The van der Waals surface area contributed by atoms with Crippen LogP contribution in [0.4, 0.5) is 13.2 Å². The van der Waals surface area contributed by atoms with Gasteiger partial charge in [-0.15, -0.1) is 11.3 Å². The maximum Gasteiger partial charge on any atom is 0.416 e. The molecular weight excluding hydrogens is 351 g/mol. The molecule has 8 heteroatoms. The summed E-state index contributed by atoms with van der Waals surface area (Å²) in [5.41, 5.74) is 0.928. The van der Waals surface area contributed by atoms with Crippen molar-refractivity contribution >= 4 is 17.2 Å². The number of aromatic nitrogens is 2. The Kier molecular flexibility index (Phi) is 4.80. The Bertz CT molecular complexity index is 861. The highest BCUT2D eigenvalue weighted by Gasteiger charge is 2.30. The van der Waals surface area contributed by atoms with Gasteiger partial charge in [0.1, 0.15) is 5.01 Å². The van der Waals surface area contributed by atoms with Crippen LogP contribution >= 0.6 is 11.3 Å². The Morgan fingerprint density at radius 3 is 2.56 bits per heavy atom. The van der Waals surface area contributed by atoms with E-state index in [1.165, 1.54) is 11.3 Å². The van der Waals surface area contributed by atoms with E-state index in [0.29, 0.717) is 5.69 Å². The standard InChI is InChI=1S/C17H12F3N3OS/c18-17(19,20)13-5-3-11(4-6-13)15(24)22-9-14-10-25-16(23-14)12-2-1-7-21-8-12/h1-8,10H,9H2,(H,22,24). The van der Waals surface area contributed by atoms with Gasteiger partial charge in [-0.3, -0.25) is 9.78 Å². The van der Waals surface area contributed by atoms with Crippen molar-refractivity contribution in [2.75, 3.05) is 0 Å². The lowest BCUT2D eigenvalue weighted by Gasteiger charge is -2.07. The van der Waals surface area contributed by atoms with Crippen LogP contribution in [0.2, 0.25) is 0 Å². The van der Waals surface area contributed by atoms with Gasteiger partial charge in [-0.1, -0.05) is 0 Å². The molecule has 3 rings (SSSR count). The van der Waals surface area contributed by atoms with Crippen LogP contribution in [0.25, 0.3) is 10.6 Å². The molecule has 0 radical (unpaired) electrons. The van der Waals surface area contributed by atoms with Gasteiger partial charge in [0, 0.05) is 28.9 Å². The van der Waals surface area contributed by atoms with Crippen molar-refractivity contribution in [2.45, 2.75) is 12.7 Å². The van der Waals surface area contributed by atoms with Crippen LogP contribution < -0.4 is 5.32 Å². The average Bonchev–Trinajstić information content (AvgIpc) is 3.09. The number of carbonyl (C=O) groups excluding carboxylic acids is 1. The predicted octanol–water partition coefficient (Wildman–Crippen LogP) is 4.15. The molecule has 0 saturated carbocycles. The fraction of sp³-hybridized carbons (Fsp3) is 0.118. The first-order valence-corrected chi connectivity index (χ1v) is 8.12. The largest absolute Gasteiger partial charge is 0.416 e. The third-order valence-corrected chi connectivity index (χ3v) is 4.30. The summed E-state index contributed by atoms with van der Waals surface area (Å²) in [5.74, 6) is -0.454. The highest BCUT2D eigenvalue weighted by atomic mass is 32.1. The zero-order valence-corrected chi connectivity index (χ0v) is 13.6. The number of pyridine rings is 1. The second kappa shape index (κ2) is 7.02. The van der Waals surface area contributed by atoms with E-state index in [-0.39, 0.29) is 12.1 Å². The number of nitrogens with zero attached hydrogens (tertiary/aromatic N) is 2. The number of halogens is 3. The van der Waals surface area contributed by atoms with E-state index in [0.717, 1.165) is 34.8 Å². The van der Waals surface area contributed by atoms with E-state index in [9.17, 15) is 18.0 Å². The highest BCUT2D eigenvalue weighted by Crippen LogP contribution is 2.29. The summed E-state index contributed by atoms with van der Waals surface area (Å²) < 4.78 is 37.6. The molecule has 1 amide bonds. The smallest absolute Gasteiger partial charge is 0.346 e. The van der Waals surface area contributed by atoms with Crippen molar-refractivity contribution in [1.29, 1.82) is 0 Å². The van der Waals surface area contributed by atoms with Gasteiger partial charge in [0.2, 0.25) is 0 Å². The molecule has 0 fully saturated rings. The molecule has 0 aliphatic carbocycles. The van der Waals surface area contributed by atoms with E-state index < -0.39 is 17.6 Å². The molecule has 0 unspecified atom stereocenters. The lowest BCUT2D eigenvalue weighted by Crippen LogP contribution is -2.23. The Morgan fingerprint density at radius 2 is 1.92 bits per heavy atom. The van der Waals surface area contributed by atoms with E-state index in [4.69, 9.17) is 0 Å². The summed E-state index contributed by atoms with van der Waals surface area (Å²) in [6, 6.07) is 7.77. The maximum atomic E-state index is 12.5. The fourth-order valence-electron chi connectivity index (χ4n) is 2.09. The maximum absolute atomic E-state index is 12.5. The number of benzene rings is 1. The minimum atomic E-state index is -4.42. The average molecular weight is 363 g/mol. The van der Waals surface area contributed by atoms with Crippen LogP contribution in [0, 0.1) is 0 Å². The van der Waals surface area contributed by atoms with Crippen LogP contribution in [-0.4, -0.2) is 15.9 Å². The van der Waals surface area contributed by atoms with Gasteiger partial charge in [-0.25, -0.2) is 4.98 Å². The van der Waals surface area contributed by atoms with Crippen LogP contribution in [0.3, 0.4) is 0 Å². The molecule has 3 aromatic rings. The van der Waals surface area contributed by atoms with Crippen LogP contribution in [0.5, 0.6) is 0 Å². The quantitative estimate of drug-likeness (QED) is 0.757. The van der Waals surface area contributed by atoms with Gasteiger partial charge in [-0.2, -0.15) is 13.2 Å². The first-order chi connectivity index (χ1) is 11.9. The second-order valence-corrected chi connectivity index (χ2v) is 6.00. The molecule has 1 aromatic carbocycles. The first-order valence-electron chi connectivity index (χ1n) is 7.24. The van der Waals surface area contributed by atoms with Gasteiger partial charge in [-0.05, 0) is 36.4 Å². The molecule has 1 N–H and O–H groups in total. The van der Waals surface area contributed by atoms with Crippen LogP contribution in [-0.2, 0) is 12.7 Å². The van der Waals surface area contributed by atoms with E-state index in [1.54, 1.807) is 12.4 Å². The molecule has 4 nitrogen and oxygen atoms in total. The summed E-state index contributed by atoms with van der Waals surface area (Å²) in [4.78, 5) is 20.5. The van der Waals surface area contributed by atoms with Gasteiger partial charge >= 0.3 is 6.18 Å². The molecule has 2 heterocycles. The number of nitrogens with one attached hydrogen (secondary N) is 1. The lowest BCUT2D eigenvalue weighted by atomic mass is 10.1. The topological polar surface area (TPSA) is 54.9 Å². The summed E-state index contributed by atoms with van der Waals surface area (Å²) in [6.07, 6.45) is -1.05. The number of hydrogen-bond donors (Lipinski definition) is 1. The molecule has 0 aliphatic heterocycles.